The first kappa shape index (κ1) is 15.7. The van der Waals surface area contributed by atoms with Crippen molar-refractivity contribution in [1.29, 1.82) is 0 Å². The maximum absolute atomic E-state index is 11.6. The molecule has 2 unspecified atom stereocenters. The average molecular weight is 326 g/mol. The zero-order valence-corrected chi connectivity index (χ0v) is 14.3. The number of hydrogen-bond acceptors (Lipinski definition) is 2. The van der Waals surface area contributed by atoms with Crippen molar-refractivity contribution in [2.24, 2.45) is 11.8 Å². The number of carboxylic acid groups (broad SMARTS) is 1. The highest BCUT2D eigenvalue weighted by molar-refractivity contribution is 5.85. The molecule has 2 bridgehead atoms. The number of para-hydroxylation sites is 1. The molecule has 128 valence electrons. The van der Waals surface area contributed by atoms with Crippen molar-refractivity contribution in [1.82, 2.24) is 9.88 Å². The molecule has 3 saturated heterocycles. The molecule has 2 aromatic rings. The normalized spacial score (nSPS) is 27.5. The van der Waals surface area contributed by atoms with Crippen LogP contribution in [0.15, 0.2) is 24.3 Å². The Morgan fingerprint density at radius 1 is 1.33 bits per heavy atom. The summed E-state index contributed by atoms with van der Waals surface area (Å²) in [6, 6.07) is 8.37. The lowest BCUT2D eigenvalue weighted by molar-refractivity contribution is -0.141. The van der Waals surface area contributed by atoms with Gasteiger partial charge >= 0.3 is 5.97 Å². The molecule has 24 heavy (non-hydrogen) atoms. The van der Waals surface area contributed by atoms with Crippen LogP contribution in [0.2, 0.25) is 0 Å². The fourth-order valence-corrected chi connectivity index (χ4v) is 4.70. The van der Waals surface area contributed by atoms with Gasteiger partial charge in [0.2, 0.25) is 0 Å². The van der Waals surface area contributed by atoms with Gasteiger partial charge in [-0.1, -0.05) is 25.1 Å². The molecule has 4 heteroatoms. The molecule has 3 fully saturated rings. The second-order valence-electron chi connectivity index (χ2n) is 7.45. The van der Waals surface area contributed by atoms with Gasteiger partial charge in [-0.3, -0.25) is 4.79 Å². The zero-order valence-electron chi connectivity index (χ0n) is 14.3. The van der Waals surface area contributed by atoms with Gasteiger partial charge in [0.1, 0.15) is 0 Å². The molecule has 0 saturated carbocycles. The maximum Gasteiger partial charge on any atom is 0.306 e. The van der Waals surface area contributed by atoms with Crippen molar-refractivity contribution in [2.45, 2.75) is 38.5 Å². The van der Waals surface area contributed by atoms with Gasteiger partial charge in [0.15, 0.2) is 0 Å². The van der Waals surface area contributed by atoms with Gasteiger partial charge in [-0.05, 0) is 56.3 Å². The minimum absolute atomic E-state index is 0.302. The van der Waals surface area contributed by atoms with Gasteiger partial charge in [0, 0.05) is 29.1 Å². The number of benzene rings is 1. The van der Waals surface area contributed by atoms with Crippen LogP contribution in [0.5, 0.6) is 0 Å². The monoisotopic (exact) mass is 326 g/mol. The molecule has 4 heterocycles. The Bertz CT molecular complexity index is 743. The molecule has 1 aromatic carbocycles. The van der Waals surface area contributed by atoms with Crippen molar-refractivity contribution < 1.29 is 9.90 Å². The van der Waals surface area contributed by atoms with E-state index >= 15 is 0 Å². The summed E-state index contributed by atoms with van der Waals surface area (Å²) in [7, 11) is 0. The number of carbonyl (C=O) groups is 1. The van der Waals surface area contributed by atoms with E-state index in [9.17, 15) is 9.90 Å². The van der Waals surface area contributed by atoms with Crippen molar-refractivity contribution in [3.8, 4) is 0 Å². The predicted octanol–water partition coefficient (Wildman–Crippen LogP) is 3.63. The summed E-state index contributed by atoms with van der Waals surface area (Å²) in [5.74, 6) is 0.291. The number of nitrogens with zero attached hydrogens (tertiary/aromatic N) is 1. The second-order valence-corrected chi connectivity index (χ2v) is 7.45. The Labute approximate surface area is 142 Å². The van der Waals surface area contributed by atoms with E-state index in [0.717, 1.165) is 18.0 Å². The first-order valence-corrected chi connectivity index (χ1v) is 9.22. The van der Waals surface area contributed by atoms with Crippen molar-refractivity contribution in [3.05, 3.63) is 35.5 Å². The minimum atomic E-state index is -0.678. The quantitative estimate of drug-likeness (QED) is 0.882. The Morgan fingerprint density at radius 3 is 2.71 bits per heavy atom. The van der Waals surface area contributed by atoms with Crippen LogP contribution in [0.3, 0.4) is 0 Å². The van der Waals surface area contributed by atoms with Crippen molar-refractivity contribution in [2.75, 3.05) is 19.6 Å². The molecule has 0 aliphatic carbocycles. The Balaban J connectivity index is 1.77. The highest BCUT2D eigenvalue weighted by Crippen LogP contribution is 2.42. The third kappa shape index (κ3) is 2.63. The van der Waals surface area contributed by atoms with Crippen LogP contribution in [0.25, 0.3) is 10.9 Å². The first-order valence-electron chi connectivity index (χ1n) is 9.22. The van der Waals surface area contributed by atoms with Gasteiger partial charge in [-0.15, -0.1) is 0 Å². The third-order valence-electron chi connectivity index (χ3n) is 6.17. The van der Waals surface area contributed by atoms with E-state index in [1.807, 2.05) is 6.92 Å². The van der Waals surface area contributed by atoms with Crippen LogP contribution in [0.4, 0.5) is 0 Å². The molecule has 2 N–H and O–H groups in total. The summed E-state index contributed by atoms with van der Waals surface area (Å²) in [5, 5.41) is 10.7. The number of fused-ring (bicyclic) bond motifs is 4. The highest BCUT2D eigenvalue weighted by atomic mass is 16.4. The molecule has 0 radical (unpaired) electrons. The third-order valence-corrected chi connectivity index (χ3v) is 6.17. The summed E-state index contributed by atoms with van der Waals surface area (Å²) >= 11 is 0. The maximum atomic E-state index is 11.6. The molecular weight excluding hydrogens is 300 g/mol. The molecule has 0 spiro atoms. The predicted molar refractivity (Wildman–Crippen MR) is 95.3 cm³/mol. The summed E-state index contributed by atoms with van der Waals surface area (Å²) < 4.78 is 0. The number of aromatic amines is 1. The van der Waals surface area contributed by atoms with E-state index < -0.39 is 5.97 Å². The number of aromatic nitrogens is 1. The van der Waals surface area contributed by atoms with E-state index in [1.54, 1.807) is 0 Å². The Hall–Kier alpha value is -1.81. The fourth-order valence-electron chi connectivity index (χ4n) is 4.70. The van der Waals surface area contributed by atoms with Crippen LogP contribution in [-0.2, 0) is 11.2 Å². The van der Waals surface area contributed by atoms with Crippen LogP contribution >= 0.6 is 0 Å². The van der Waals surface area contributed by atoms with Gasteiger partial charge in [-0.2, -0.15) is 0 Å². The molecule has 1 aromatic heterocycles. The van der Waals surface area contributed by atoms with Gasteiger partial charge in [0.25, 0.3) is 0 Å². The SMILES string of the molecule is CCC(Cc1c(C2CN3CCC2CC3)[nH]c2ccccc12)C(=O)O. The van der Waals surface area contributed by atoms with Crippen LogP contribution in [0, 0.1) is 11.8 Å². The summed E-state index contributed by atoms with van der Waals surface area (Å²) in [4.78, 5) is 17.8. The number of carboxylic acids is 1. The zero-order chi connectivity index (χ0) is 16.7. The Kier molecular flexibility index (Phi) is 4.09. The molecule has 3 aliphatic rings. The minimum Gasteiger partial charge on any atom is -0.481 e. The number of H-pyrrole nitrogens is 1. The largest absolute Gasteiger partial charge is 0.481 e. The van der Waals surface area contributed by atoms with E-state index in [2.05, 4.69) is 34.1 Å². The average Bonchev–Trinajstić information content (AvgIpc) is 2.98. The number of hydrogen-bond donors (Lipinski definition) is 2. The van der Waals surface area contributed by atoms with Crippen LogP contribution in [-0.4, -0.2) is 40.6 Å². The van der Waals surface area contributed by atoms with Crippen molar-refractivity contribution in [3.63, 3.8) is 0 Å². The number of nitrogens with one attached hydrogen (secondary N) is 1. The van der Waals surface area contributed by atoms with E-state index in [0.29, 0.717) is 18.8 Å². The lowest BCUT2D eigenvalue weighted by Crippen LogP contribution is -2.46. The summed E-state index contributed by atoms with van der Waals surface area (Å²) in [5.41, 5.74) is 3.71. The van der Waals surface area contributed by atoms with Crippen LogP contribution < -0.4 is 0 Å². The van der Waals surface area contributed by atoms with Crippen LogP contribution in [0.1, 0.15) is 43.4 Å². The van der Waals surface area contributed by atoms with E-state index in [1.165, 1.54) is 42.6 Å². The summed E-state index contributed by atoms with van der Waals surface area (Å²) in [6.45, 7) is 5.54. The molecule has 5 rings (SSSR count). The lowest BCUT2D eigenvalue weighted by atomic mass is 9.76. The number of aliphatic carboxylic acids is 1. The highest BCUT2D eigenvalue weighted by Gasteiger charge is 2.37. The first-order chi connectivity index (χ1) is 11.7. The molecular formula is C20H26N2O2. The summed E-state index contributed by atoms with van der Waals surface area (Å²) in [6.07, 6.45) is 3.86. The van der Waals surface area contributed by atoms with Gasteiger partial charge in [0.05, 0.1) is 5.92 Å². The molecule has 3 aliphatic heterocycles. The molecule has 0 amide bonds. The topological polar surface area (TPSA) is 56.3 Å². The fraction of sp³-hybridized carbons (Fsp3) is 0.550. The Morgan fingerprint density at radius 2 is 2.08 bits per heavy atom. The number of rotatable bonds is 5. The second kappa shape index (κ2) is 6.25. The smallest absolute Gasteiger partial charge is 0.306 e. The number of piperidine rings is 3. The van der Waals surface area contributed by atoms with Gasteiger partial charge < -0.3 is 15.0 Å². The molecule has 2 atom stereocenters. The van der Waals surface area contributed by atoms with E-state index in [4.69, 9.17) is 0 Å². The van der Waals surface area contributed by atoms with E-state index in [-0.39, 0.29) is 5.92 Å². The van der Waals surface area contributed by atoms with Crippen molar-refractivity contribution >= 4 is 16.9 Å². The standard InChI is InChI=1S/C20H26N2O2/c1-2-13(20(23)24)11-16-15-5-3-4-6-18(15)21-19(16)17-12-22-9-7-14(17)8-10-22/h3-6,13-14,17,21H,2,7-12H2,1H3,(H,23,24). The lowest BCUT2D eigenvalue weighted by Gasteiger charge is -2.45. The van der Waals surface area contributed by atoms with Gasteiger partial charge in [-0.25, -0.2) is 0 Å². The molecule has 4 nitrogen and oxygen atoms in total.